The summed E-state index contributed by atoms with van der Waals surface area (Å²) in [7, 11) is 0. The summed E-state index contributed by atoms with van der Waals surface area (Å²) < 4.78 is 19.5. The van der Waals surface area contributed by atoms with Crippen LogP contribution in [0.5, 0.6) is 0 Å². The zero-order chi connectivity index (χ0) is 18.5. The number of rotatable bonds is 5. The van der Waals surface area contributed by atoms with Gasteiger partial charge in [0.2, 0.25) is 0 Å². The molecule has 3 rings (SSSR count). The van der Waals surface area contributed by atoms with Gasteiger partial charge in [-0.25, -0.2) is 4.39 Å². The minimum Gasteiger partial charge on any atom is -0.467 e. The zero-order valence-corrected chi connectivity index (χ0v) is 16.1. The number of nitrogens with one attached hydrogen (secondary N) is 1. The molecule has 0 unspecified atom stereocenters. The molecule has 0 radical (unpaired) electrons. The molecule has 0 saturated carbocycles. The highest BCUT2D eigenvalue weighted by Gasteiger charge is 2.28. The molecule has 0 amide bonds. The molecule has 140 valence electrons. The van der Waals surface area contributed by atoms with Crippen LogP contribution in [0.1, 0.15) is 32.4 Å². The van der Waals surface area contributed by atoms with Gasteiger partial charge in [-0.2, -0.15) is 0 Å². The highest BCUT2D eigenvalue weighted by molar-refractivity contribution is 7.80. The average molecular weight is 376 g/mol. The third-order valence-electron chi connectivity index (χ3n) is 4.95. The number of nitrogens with zero attached hydrogens (tertiary/aromatic N) is 2. The van der Waals surface area contributed by atoms with Crippen molar-refractivity contribution in [1.29, 1.82) is 0 Å². The van der Waals surface area contributed by atoms with Gasteiger partial charge >= 0.3 is 0 Å². The van der Waals surface area contributed by atoms with Crippen LogP contribution in [0.2, 0.25) is 0 Å². The molecule has 1 aliphatic heterocycles. The van der Waals surface area contributed by atoms with Gasteiger partial charge in [0, 0.05) is 25.2 Å². The summed E-state index contributed by atoms with van der Waals surface area (Å²) in [4.78, 5) is 4.62. The molecule has 1 aromatic heterocycles. The molecule has 1 saturated heterocycles. The van der Waals surface area contributed by atoms with Crippen LogP contribution in [0.25, 0.3) is 0 Å². The third kappa shape index (κ3) is 4.62. The molecule has 2 aromatic rings. The average Bonchev–Trinajstić information content (AvgIpc) is 3.15. The van der Waals surface area contributed by atoms with E-state index in [4.69, 9.17) is 16.6 Å². The first kappa shape index (κ1) is 18.9. The van der Waals surface area contributed by atoms with Crippen molar-refractivity contribution in [2.75, 3.05) is 18.4 Å². The van der Waals surface area contributed by atoms with Gasteiger partial charge in [0.25, 0.3) is 0 Å². The van der Waals surface area contributed by atoms with Crippen molar-refractivity contribution in [2.45, 2.75) is 45.3 Å². The number of likely N-dealkylation sites (tertiary alicyclic amines) is 1. The number of halogens is 1. The van der Waals surface area contributed by atoms with Crippen LogP contribution in [0.4, 0.5) is 10.1 Å². The third-order valence-corrected chi connectivity index (χ3v) is 5.29. The van der Waals surface area contributed by atoms with E-state index < -0.39 is 0 Å². The summed E-state index contributed by atoms with van der Waals surface area (Å²) in [5, 5.41) is 3.62. The Labute approximate surface area is 160 Å². The van der Waals surface area contributed by atoms with E-state index in [1.807, 2.05) is 12.1 Å². The van der Waals surface area contributed by atoms with Crippen molar-refractivity contribution in [2.24, 2.45) is 0 Å². The Hall–Kier alpha value is -1.92. The summed E-state index contributed by atoms with van der Waals surface area (Å²) in [5.74, 6) is 0.552. The van der Waals surface area contributed by atoms with Crippen LogP contribution in [-0.4, -0.2) is 40.1 Å². The molecule has 1 aliphatic rings. The maximum absolute atomic E-state index is 14.0. The zero-order valence-electron chi connectivity index (χ0n) is 15.3. The Balaban J connectivity index is 1.73. The lowest BCUT2D eigenvalue weighted by Gasteiger charge is -2.40. The van der Waals surface area contributed by atoms with Gasteiger partial charge in [-0.15, -0.1) is 0 Å². The molecule has 1 aromatic carbocycles. The molecule has 2 heterocycles. The van der Waals surface area contributed by atoms with E-state index in [1.54, 1.807) is 24.5 Å². The van der Waals surface area contributed by atoms with E-state index in [0.29, 0.717) is 29.4 Å². The Morgan fingerprint density at radius 3 is 2.62 bits per heavy atom. The van der Waals surface area contributed by atoms with Crippen LogP contribution in [0.15, 0.2) is 47.1 Å². The Morgan fingerprint density at radius 2 is 2.00 bits per heavy atom. The summed E-state index contributed by atoms with van der Waals surface area (Å²) in [6.45, 7) is 7.12. The quantitative estimate of drug-likeness (QED) is 0.779. The van der Waals surface area contributed by atoms with Gasteiger partial charge < -0.3 is 19.5 Å². The van der Waals surface area contributed by atoms with E-state index in [2.05, 4.69) is 29.0 Å². The second-order valence-corrected chi connectivity index (χ2v) is 7.36. The minimum atomic E-state index is -0.303. The summed E-state index contributed by atoms with van der Waals surface area (Å²) >= 11 is 5.64. The van der Waals surface area contributed by atoms with Gasteiger partial charge in [0.15, 0.2) is 5.11 Å². The number of hydrogen-bond acceptors (Lipinski definition) is 3. The molecule has 0 spiro atoms. The number of hydrogen-bond donors (Lipinski definition) is 1. The van der Waals surface area contributed by atoms with Crippen LogP contribution in [-0.2, 0) is 6.54 Å². The van der Waals surface area contributed by atoms with Crippen LogP contribution in [0.3, 0.4) is 0 Å². The SMILES string of the molecule is CC(C)N1CCC(N(Cc2ccco2)C(=S)Nc2ccccc2F)CC1. The van der Waals surface area contributed by atoms with Crippen molar-refractivity contribution >= 4 is 23.0 Å². The van der Waals surface area contributed by atoms with Crippen molar-refractivity contribution in [1.82, 2.24) is 9.80 Å². The molecular weight excluding hydrogens is 349 g/mol. The molecule has 0 aliphatic carbocycles. The summed E-state index contributed by atoms with van der Waals surface area (Å²) in [6.07, 6.45) is 3.72. The highest BCUT2D eigenvalue weighted by Crippen LogP contribution is 2.23. The first-order valence-corrected chi connectivity index (χ1v) is 9.54. The van der Waals surface area contributed by atoms with E-state index in [-0.39, 0.29) is 5.82 Å². The largest absolute Gasteiger partial charge is 0.467 e. The second kappa shape index (κ2) is 8.64. The van der Waals surface area contributed by atoms with Crippen LogP contribution >= 0.6 is 12.2 Å². The first-order valence-electron chi connectivity index (χ1n) is 9.13. The lowest BCUT2D eigenvalue weighted by atomic mass is 10.0. The van der Waals surface area contributed by atoms with Gasteiger partial charge in [0.1, 0.15) is 11.6 Å². The molecular formula is C20H26FN3OS. The summed E-state index contributed by atoms with van der Waals surface area (Å²) in [6, 6.07) is 11.3. The van der Waals surface area contributed by atoms with Gasteiger partial charge in [-0.3, -0.25) is 0 Å². The topological polar surface area (TPSA) is 31.6 Å². The van der Waals surface area contributed by atoms with Crippen LogP contribution in [0, 0.1) is 5.82 Å². The summed E-state index contributed by atoms with van der Waals surface area (Å²) in [5.41, 5.74) is 0.404. The fourth-order valence-corrected chi connectivity index (χ4v) is 3.72. The molecule has 0 bridgehead atoms. The fourth-order valence-electron chi connectivity index (χ4n) is 3.40. The van der Waals surface area contributed by atoms with Crippen molar-refractivity contribution in [3.63, 3.8) is 0 Å². The van der Waals surface area contributed by atoms with Crippen molar-refractivity contribution in [3.05, 3.63) is 54.2 Å². The number of benzene rings is 1. The molecule has 6 heteroatoms. The van der Waals surface area contributed by atoms with E-state index in [1.165, 1.54) is 6.07 Å². The van der Waals surface area contributed by atoms with Gasteiger partial charge in [-0.05, 0) is 63.2 Å². The standard InChI is InChI=1S/C20H26FN3OS/c1-15(2)23-11-9-16(10-12-23)24(14-17-6-5-13-25-17)20(26)22-19-8-4-3-7-18(19)21/h3-8,13,15-16H,9-12,14H2,1-2H3,(H,22,26). The number of thiocarbonyl (C=S) groups is 1. The Bertz CT molecular complexity index is 712. The minimum absolute atomic E-state index is 0.303. The van der Waals surface area contributed by atoms with Gasteiger partial charge in [-0.1, -0.05) is 12.1 Å². The molecule has 1 N–H and O–H groups in total. The maximum Gasteiger partial charge on any atom is 0.174 e. The van der Waals surface area contributed by atoms with E-state index in [0.717, 1.165) is 31.7 Å². The molecule has 4 nitrogen and oxygen atoms in total. The molecule has 1 fully saturated rings. The van der Waals surface area contributed by atoms with Crippen molar-refractivity contribution in [3.8, 4) is 0 Å². The van der Waals surface area contributed by atoms with E-state index in [9.17, 15) is 4.39 Å². The molecule has 26 heavy (non-hydrogen) atoms. The van der Waals surface area contributed by atoms with Crippen molar-refractivity contribution < 1.29 is 8.81 Å². The smallest absolute Gasteiger partial charge is 0.174 e. The second-order valence-electron chi connectivity index (χ2n) is 6.98. The molecule has 0 atom stereocenters. The lowest BCUT2D eigenvalue weighted by molar-refractivity contribution is 0.123. The monoisotopic (exact) mass is 375 g/mol. The number of anilines is 1. The van der Waals surface area contributed by atoms with Gasteiger partial charge in [0.05, 0.1) is 18.5 Å². The Kier molecular flexibility index (Phi) is 6.27. The number of piperidine rings is 1. The van der Waals surface area contributed by atoms with Crippen LogP contribution < -0.4 is 5.32 Å². The number of furan rings is 1. The predicted molar refractivity (Wildman–Crippen MR) is 107 cm³/mol. The lowest BCUT2D eigenvalue weighted by Crippen LogP contribution is -2.49. The highest BCUT2D eigenvalue weighted by atomic mass is 32.1. The first-order chi connectivity index (χ1) is 12.5. The maximum atomic E-state index is 14.0. The predicted octanol–water partition coefficient (Wildman–Crippen LogP) is 4.49. The number of para-hydroxylation sites is 1. The normalized spacial score (nSPS) is 16.0. The van der Waals surface area contributed by atoms with E-state index >= 15 is 0 Å². The fraction of sp³-hybridized carbons (Fsp3) is 0.450. The Morgan fingerprint density at radius 1 is 1.27 bits per heavy atom.